The van der Waals surface area contributed by atoms with Crippen molar-refractivity contribution in [2.24, 2.45) is 23.2 Å². The van der Waals surface area contributed by atoms with Gasteiger partial charge in [0.2, 0.25) is 0 Å². The molecule has 0 saturated heterocycles. The minimum atomic E-state index is 0.434. The topological polar surface area (TPSA) is 9.23 Å². The lowest BCUT2D eigenvalue weighted by atomic mass is 9.80. The molecule has 3 atom stereocenters. The van der Waals surface area contributed by atoms with Crippen LogP contribution in [0.15, 0.2) is 24.3 Å². The van der Waals surface area contributed by atoms with Crippen molar-refractivity contribution in [2.45, 2.75) is 74.1 Å². The van der Waals surface area contributed by atoms with E-state index in [0.29, 0.717) is 11.3 Å². The molecule has 0 saturated carbocycles. The lowest BCUT2D eigenvalue weighted by molar-refractivity contribution is 0.175. The third-order valence-corrected chi connectivity index (χ3v) is 4.89. The van der Waals surface area contributed by atoms with Gasteiger partial charge >= 0.3 is 0 Å². The van der Waals surface area contributed by atoms with Gasteiger partial charge in [0.1, 0.15) is 5.75 Å². The second-order valence-electron chi connectivity index (χ2n) is 8.72. The van der Waals surface area contributed by atoms with Crippen LogP contribution in [-0.2, 0) is 0 Å². The fourth-order valence-electron chi connectivity index (χ4n) is 3.42. The Kier molecular flexibility index (Phi) is 8.16. The standard InChI is InChI=1S/C22H38O/c1-8-19(4)20(13-12-18(3)15-22(5,6)7)16-23-21-11-9-10-17(2)14-21/h9-11,14,18-20H,8,12-13,15-16H2,1-7H3. The van der Waals surface area contributed by atoms with Crippen LogP contribution in [0.4, 0.5) is 0 Å². The molecule has 1 aromatic carbocycles. The fourth-order valence-corrected chi connectivity index (χ4v) is 3.42. The molecule has 1 nitrogen and oxygen atoms in total. The molecule has 0 aliphatic heterocycles. The van der Waals surface area contributed by atoms with Crippen molar-refractivity contribution < 1.29 is 4.74 Å². The molecule has 0 bridgehead atoms. The highest BCUT2D eigenvalue weighted by molar-refractivity contribution is 5.27. The van der Waals surface area contributed by atoms with E-state index in [9.17, 15) is 0 Å². The van der Waals surface area contributed by atoms with Gasteiger partial charge in [-0.3, -0.25) is 0 Å². The summed E-state index contributed by atoms with van der Waals surface area (Å²) < 4.78 is 6.11. The van der Waals surface area contributed by atoms with Gasteiger partial charge in [0.15, 0.2) is 0 Å². The Labute approximate surface area is 144 Å². The Morgan fingerprint density at radius 3 is 2.35 bits per heavy atom. The first-order valence-corrected chi connectivity index (χ1v) is 9.40. The molecule has 0 N–H and O–H groups in total. The van der Waals surface area contributed by atoms with Crippen LogP contribution in [0.5, 0.6) is 5.75 Å². The zero-order valence-corrected chi connectivity index (χ0v) is 16.5. The van der Waals surface area contributed by atoms with Crippen molar-refractivity contribution in [3.63, 3.8) is 0 Å². The maximum absolute atomic E-state index is 6.11. The predicted molar refractivity (Wildman–Crippen MR) is 102 cm³/mol. The Morgan fingerprint density at radius 1 is 1.09 bits per heavy atom. The van der Waals surface area contributed by atoms with E-state index in [1.807, 2.05) is 0 Å². The molecule has 1 rings (SSSR count). The quantitative estimate of drug-likeness (QED) is 0.481. The molecule has 132 valence electrons. The smallest absolute Gasteiger partial charge is 0.119 e. The van der Waals surface area contributed by atoms with Crippen LogP contribution < -0.4 is 4.74 Å². The van der Waals surface area contributed by atoms with E-state index in [4.69, 9.17) is 4.74 Å². The van der Waals surface area contributed by atoms with E-state index < -0.39 is 0 Å². The SMILES string of the molecule is CCC(C)C(CCC(C)CC(C)(C)C)COc1cccc(C)c1. The maximum atomic E-state index is 6.11. The lowest BCUT2D eigenvalue weighted by Crippen LogP contribution is -2.21. The Morgan fingerprint density at radius 2 is 1.78 bits per heavy atom. The Bertz CT molecular complexity index is 444. The van der Waals surface area contributed by atoms with Crippen LogP contribution in [0, 0.1) is 30.1 Å². The molecule has 0 aromatic heterocycles. The van der Waals surface area contributed by atoms with Gasteiger partial charge in [-0.1, -0.05) is 66.5 Å². The predicted octanol–water partition coefficient (Wildman–Crippen LogP) is 6.89. The van der Waals surface area contributed by atoms with Crippen molar-refractivity contribution in [3.05, 3.63) is 29.8 Å². The van der Waals surface area contributed by atoms with Gasteiger partial charge in [-0.25, -0.2) is 0 Å². The molecular formula is C22H38O. The molecule has 0 amide bonds. The largest absolute Gasteiger partial charge is 0.493 e. The zero-order chi connectivity index (χ0) is 17.5. The van der Waals surface area contributed by atoms with Crippen molar-refractivity contribution in [3.8, 4) is 5.75 Å². The van der Waals surface area contributed by atoms with Crippen molar-refractivity contribution in [1.29, 1.82) is 0 Å². The van der Waals surface area contributed by atoms with E-state index in [1.54, 1.807) is 0 Å². The second-order valence-corrected chi connectivity index (χ2v) is 8.72. The third kappa shape index (κ3) is 8.44. The summed E-state index contributed by atoms with van der Waals surface area (Å²) in [6.45, 7) is 17.1. The first kappa shape index (κ1) is 20.1. The van der Waals surface area contributed by atoms with Gasteiger partial charge in [0, 0.05) is 0 Å². The third-order valence-electron chi connectivity index (χ3n) is 4.89. The average Bonchev–Trinajstić information content (AvgIpc) is 2.44. The van der Waals surface area contributed by atoms with Crippen LogP contribution in [0.25, 0.3) is 0 Å². The molecule has 0 radical (unpaired) electrons. The Balaban J connectivity index is 2.52. The second kappa shape index (κ2) is 9.35. The fraction of sp³-hybridized carbons (Fsp3) is 0.727. The summed E-state index contributed by atoms with van der Waals surface area (Å²) in [4.78, 5) is 0. The molecule has 3 unspecified atom stereocenters. The first-order valence-electron chi connectivity index (χ1n) is 9.40. The molecule has 0 aliphatic carbocycles. The van der Waals surface area contributed by atoms with Gasteiger partial charge in [-0.2, -0.15) is 0 Å². The molecule has 0 heterocycles. The minimum Gasteiger partial charge on any atom is -0.493 e. The van der Waals surface area contributed by atoms with Crippen molar-refractivity contribution >= 4 is 0 Å². The molecule has 0 fully saturated rings. The molecular weight excluding hydrogens is 280 g/mol. The van der Waals surface area contributed by atoms with Crippen LogP contribution in [-0.4, -0.2) is 6.61 Å². The summed E-state index contributed by atoms with van der Waals surface area (Å²) >= 11 is 0. The number of benzene rings is 1. The van der Waals surface area contributed by atoms with Crippen molar-refractivity contribution in [1.82, 2.24) is 0 Å². The first-order chi connectivity index (χ1) is 10.7. The zero-order valence-electron chi connectivity index (χ0n) is 16.5. The normalized spacial score (nSPS) is 16.0. The number of hydrogen-bond donors (Lipinski definition) is 0. The van der Waals surface area contributed by atoms with E-state index in [-0.39, 0.29) is 0 Å². The van der Waals surface area contributed by atoms with E-state index in [2.05, 4.69) is 72.7 Å². The van der Waals surface area contributed by atoms with Gasteiger partial charge in [-0.05, 0) is 60.6 Å². The van der Waals surface area contributed by atoms with Crippen molar-refractivity contribution in [2.75, 3.05) is 6.61 Å². The van der Waals surface area contributed by atoms with Crippen LogP contribution in [0.2, 0.25) is 0 Å². The number of hydrogen-bond acceptors (Lipinski definition) is 1. The number of ether oxygens (including phenoxy) is 1. The summed E-state index contributed by atoms with van der Waals surface area (Å²) in [5.41, 5.74) is 1.70. The molecule has 0 aliphatic rings. The van der Waals surface area contributed by atoms with Gasteiger partial charge < -0.3 is 4.74 Å². The van der Waals surface area contributed by atoms with E-state index in [0.717, 1.165) is 24.2 Å². The molecule has 0 spiro atoms. The Hall–Kier alpha value is -0.980. The lowest BCUT2D eigenvalue weighted by Gasteiger charge is -2.27. The average molecular weight is 319 g/mol. The summed E-state index contributed by atoms with van der Waals surface area (Å²) in [6.07, 6.45) is 5.12. The van der Waals surface area contributed by atoms with Gasteiger partial charge in [-0.15, -0.1) is 0 Å². The highest BCUT2D eigenvalue weighted by Crippen LogP contribution is 2.30. The van der Waals surface area contributed by atoms with Crippen LogP contribution in [0.1, 0.15) is 72.8 Å². The highest BCUT2D eigenvalue weighted by atomic mass is 16.5. The van der Waals surface area contributed by atoms with Crippen LogP contribution in [0.3, 0.4) is 0 Å². The minimum absolute atomic E-state index is 0.434. The van der Waals surface area contributed by atoms with Gasteiger partial charge in [0.25, 0.3) is 0 Å². The summed E-state index contributed by atoms with van der Waals surface area (Å²) in [5.74, 6) is 3.19. The number of rotatable bonds is 9. The summed E-state index contributed by atoms with van der Waals surface area (Å²) in [5, 5.41) is 0. The summed E-state index contributed by atoms with van der Waals surface area (Å²) in [6, 6.07) is 8.40. The van der Waals surface area contributed by atoms with Gasteiger partial charge in [0.05, 0.1) is 6.61 Å². The number of aryl methyl sites for hydroxylation is 1. The molecule has 1 aromatic rings. The molecule has 23 heavy (non-hydrogen) atoms. The highest BCUT2D eigenvalue weighted by Gasteiger charge is 2.20. The van der Waals surface area contributed by atoms with E-state index in [1.165, 1.54) is 31.2 Å². The van der Waals surface area contributed by atoms with Crippen LogP contribution >= 0.6 is 0 Å². The maximum Gasteiger partial charge on any atom is 0.119 e. The molecule has 1 heteroatoms. The van der Waals surface area contributed by atoms with E-state index >= 15 is 0 Å². The summed E-state index contributed by atoms with van der Waals surface area (Å²) in [7, 11) is 0. The monoisotopic (exact) mass is 318 g/mol.